The SMILES string of the molecule is CCCCCCCC/C=C\CCCCCCCCCC(=O)OC[C@H](COP(=O)(O)OCCN)OC(=O)CCC/C=C\C[C@H]1C=CC(=O)[C@@H]1/C=C/[C@@H](O)CCCCC. The topological polar surface area (TPSA) is 172 Å². The number of aliphatic hydroxyl groups excluding tert-OH is 1. The van der Waals surface area contributed by atoms with E-state index in [1.807, 2.05) is 24.3 Å². The van der Waals surface area contributed by atoms with Gasteiger partial charge in [-0.2, -0.15) is 0 Å². The number of carbonyl (C=O) groups is 3. The molecule has 0 bridgehead atoms. The average Bonchev–Trinajstić information content (AvgIpc) is 3.54. The highest BCUT2D eigenvalue weighted by atomic mass is 31.2. The van der Waals surface area contributed by atoms with Crippen LogP contribution in [0.25, 0.3) is 0 Å². The van der Waals surface area contributed by atoms with E-state index in [-0.39, 0.29) is 50.2 Å². The summed E-state index contributed by atoms with van der Waals surface area (Å²) >= 11 is 0. The van der Waals surface area contributed by atoms with Crippen molar-refractivity contribution in [3.8, 4) is 0 Å². The zero-order valence-electron chi connectivity index (χ0n) is 35.4. The molecule has 328 valence electrons. The first-order chi connectivity index (χ1) is 27.6. The number of rotatable bonds is 38. The molecule has 0 fully saturated rings. The third kappa shape index (κ3) is 30.3. The summed E-state index contributed by atoms with van der Waals surface area (Å²) in [4.78, 5) is 47.4. The summed E-state index contributed by atoms with van der Waals surface area (Å²) in [6.07, 6.45) is 37.7. The molecule has 0 aromatic rings. The Kier molecular flexibility index (Phi) is 32.8. The third-order valence-corrected chi connectivity index (χ3v) is 10.9. The first-order valence-corrected chi connectivity index (χ1v) is 23.7. The minimum absolute atomic E-state index is 0.0181. The van der Waals surface area contributed by atoms with Crippen LogP contribution in [0.3, 0.4) is 0 Å². The maximum Gasteiger partial charge on any atom is 0.472 e. The molecule has 0 spiro atoms. The normalized spacial score (nSPS) is 17.9. The highest BCUT2D eigenvalue weighted by Gasteiger charge is 2.27. The standard InChI is InChI=1S/C45H78NO10P/c1-3-5-7-8-9-10-11-12-13-14-15-16-17-18-19-20-25-29-44(49)53-37-41(38-55-57(51,52)54-36-35-46)56-45(50)30-26-22-21-24-27-39-31-34-43(48)42(39)33-32-40(47)28-23-6-4-2/h12-13,21,24,31-34,39-42,47H,3-11,14-20,22-23,25-30,35-38,46H2,1-2H3,(H,51,52)/b13-12-,24-21-,33-32+/t39-,40-,41+,42+/m0/s1. The monoisotopic (exact) mass is 824 g/mol. The number of phosphoric acid groups is 1. The van der Waals surface area contributed by atoms with E-state index in [9.17, 15) is 28.9 Å². The number of hydrogen-bond acceptors (Lipinski definition) is 10. The number of esters is 2. The lowest BCUT2D eigenvalue weighted by atomic mass is 9.90. The number of phosphoric ester groups is 1. The zero-order chi connectivity index (χ0) is 41.8. The summed E-state index contributed by atoms with van der Waals surface area (Å²) in [6, 6.07) is 0. The summed E-state index contributed by atoms with van der Waals surface area (Å²) < 4.78 is 32.8. The lowest BCUT2D eigenvalue weighted by Gasteiger charge is -2.19. The molecule has 0 amide bonds. The molecule has 0 aromatic carbocycles. The molecule has 4 N–H and O–H groups in total. The summed E-state index contributed by atoms with van der Waals surface area (Å²) in [5.74, 6) is -1.22. The maximum absolute atomic E-state index is 12.7. The Bertz CT molecular complexity index is 1220. The van der Waals surface area contributed by atoms with Crippen LogP contribution in [0, 0.1) is 11.8 Å². The fourth-order valence-corrected chi connectivity index (χ4v) is 7.27. The average molecular weight is 824 g/mol. The zero-order valence-corrected chi connectivity index (χ0v) is 36.3. The van der Waals surface area contributed by atoms with Gasteiger partial charge < -0.3 is 25.2 Å². The van der Waals surface area contributed by atoms with E-state index >= 15 is 0 Å². The summed E-state index contributed by atoms with van der Waals surface area (Å²) in [5, 5.41) is 10.2. The molecule has 12 heteroatoms. The molecular formula is C45H78NO10P. The third-order valence-electron chi connectivity index (χ3n) is 9.94. The second kappa shape index (κ2) is 35.5. The first-order valence-electron chi connectivity index (χ1n) is 22.2. The molecule has 1 unspecified atom stereocenters. The van der Waals surface area contributed by atoms with E-state index in [1.165, 1.54) is 64.2 Å². The van der Waals surface area contributed by atoms with Crippen molar-refractivity contribution in [2.45, 2.75) is 180 Å². The van der Waals surface area contributed by atoms with Crippen molar-refractivity contribution in [1.82, 2.24) is 0 Å². The van der Waals surface area contributed by atoms with Gasteiger partial charge in [0, 0.05) is 25.3 Å². The lowest BCUT2D eigenvalue weighted by Crippen LogP contribution is -2.29. The number of allylic oxidation sites excluding steroid dienone is 7. The van der Waals surface area contributed by atoms with Crippen LogP contribution in [-0.2, 0) is 37.5 Å². The molecule has 5 atom stereocenters. The van der Waals surface area contributed by atoms with Gasteiger partial charge >= 0.3 is 19.8 Å². The van der Waals surface area contributed by atoms with Gasteiger partial charge in [0.2, 0.25) is 0 Å². The van der Waals surface area contributed by atoms with Gasteiger partial charge in [-0.25, -0.2) is 4.57 Å². The quantitative estimate of drug-likeness (QED) is 0.0234. The van der Waals surface area contributed by atoms with Gasteiger partial charge in [-0.05, 0) is 69.8 Å². The van der Waals surface area contributed by atoms with Crippen molar-refractivity contribution in [3.05, 3.63) is 48.6 Å². The number of ether oxygens (including phenoxy) is 2. The number of ketones is 1. The number of nitrogens with two attached hydrogens (primary N) is 1. The van der Waals surface area contributed by atoms with Crippen LogP contribution in [0.2, 0.25) is 0 Å². The molecule has 57 heavy (non-hydrogen) atoms. The van der Waals surface area contributed by atoms with Gasteiger partial charge in [-0.15, -0.1) is 0 Å². The lowest BCUT2D eigenvalue weighted by molar-refractivity contribution is -0.161. The molecular weight excluding hydrogens is 745 g/mol. The molecule has 0 aromatic heterocycles. The van der Waals surface area contributed by atoms with E-state index in [2.05, 4.69) is 26.0 Å². The highest BCUT2D eigenvalue weighted by Crippen LogP contribution is 2.43. The van der Waals surface area contributed by atoms with Gasteiger partial charge in [-0.1, -0.05) is 140 Å². The van der Waals surface area contributed by atoms with Crippen LogP contribution >= 0.6 is 7.82 Å². The van der Waals surface area contributed by atoms with Crippen molar-refractivity contribution in [3.63, 3.8) is 0 Å². The van der Waals surface area contributed by atoms with Crippen molar-refractivity contribution in [2.24, 2.45) is 17.6 Å². The van der Waals surface area contributed by atoms with Gasteiger partial charge in [-0.3, -0.25) is 23.4 Å². The molecule has 0 aliphatic heterocycles. The fourth-order valence-electron chi connectivity index (χ4n) is 6.50. The van der Waals surface area contributed by atoms with Gasteiger partial charge in [0.25, 0.3) is 0 Å². The molecule has 11 nitrogen and oxygen atoms in total. The van der Waals surface area contributed by atoms with Crippen molar-refractivity contribution in [2.75, 3.05) is 26.4 Å². The largest absolute Gasteiger partial charge is 0.472 e. The van der Waals surface area contributed by atoms with Gasteiger partial charge in [0.1, 0.15) is 6.61 Å². The van der Waals surface area contributed by atoms with E-state index in [0.717, 1.165) is 44.9 Å². The number of hydrogen-bond donors (Lipinski definition) is 3. The maximum atomic E-state index is 12.7. The second-order valence-corrected chi connectivity index (χ2v) is 16.7. The van der Waals surface area contributed by atoms with E-state index < -0.39 is 38.6 Å². The van der Waals surface area contributed by atoms with Crippen molar-refractivity contribution in [1.29, 1.82) is 0 Å². The Hall–Kier alpha value is -2.40. The van der Waals surface area contributed by atoms with Gasteiger partial charge in [0.05, 0.1) is 19.3 Å². The van der Waals surface area contributed by atoms with Crippen LogP contribution in [-0.4, -0.2) is 66.3 Å². The molecule has 1 aliphatic carbocycles. The number of aliphatic hydroxyl groups is 1. The van der Waals surface area contributed by atoms with Crippen LogP contribution < -0.4 is 5.73 Å². The summed E-state index contributed by atoms with van der Waals surface area (Å²) in [6.45, 7) is 3.39. The Morgan fingerprint density at radius 2 is 1.35 bits per heavy atom. The Labute approximate surface area is 344 Å². The van der Waals surface area contributed by atoms with E-state index in [1.54, 1.807) is 12.2 Å². The Balaban J connectivity index is 2.35. The first kappa shape index (κ1) is 52.6. The molecule has 0 saturated carbocycles. The van der Waals surface area contributed by atoms with Gasteiger partial charge in [0.15, 0.2) is 11.9 Å². The second-order valence-electron chi connectivity index (χ2n) is 15.2. The van der Waals surface area contributed by atoms with Crippen molar-refractivity contribution < 1.29 is 47.5 Å². The molecule has 1 aliphatic rings. The molecule has 1 rings (SSSR count). The molecule has 0 saturated heterocycles. The molecule has 0 radical (unpaired) electrons. The molecule has 0 heterocycles. The predicted molar refractivity (Wildman–Crippen MR) is 228 cm³/mol. The summed E-state index contributed by atoms with van der Waals surface area (Å²) in [5.41, 5.74) is 5.34. The Morgan fingerprint density at radius 1 is 0.772 bits per heavy atom. The van der Waals surface area contributed by atoms with Crippen LogP contribution in [0.15, 0.2) is 48.6 Å². The summed E-state index contributed by atoms with van der Waals surface area (Å²) in [7, 11) is -4.44. The smallest absolute Gasteiger partial charge is 0.462 e. The predicted octanol–water partition coefficient (Wildman–Crippen LogP) is 10.3. The van der Waals surface area contributed by atoms with E-state index in [4.69, 9.17) is 24.3 Å². The Morgan fingerprint density at radius 3 is 2.02 bits per heavy atom. The van der Waals surface area contributed by atoms with E-state index in [0.29, 0.717) is 32.1 Å². The van der Waals surface area contributed by atoms with Crippen molar-refractivity contribution >= 4 is 25.5 Å². The fraction of sp³-hybridized carbons (Fsp3) is 0.756. The minimum atomic E-state index is -4.44. The highest BCUT2D eigenvalue weighted by molar-refractivity contribution is 7.47. The minimum Gasteiger partial charge on any atom is -0.462 e. The van der Waals surface area contributed by atoms with Crippen LogP contribution in [0.5, 0.6) is 0 Å². The van der Waals surface area contributed by atoms with Crippen LogP contribution in [0.1, 0.15) is 168 Å². The number of carbonyl (C=O) groups excluding carboxylic acids is 3. The number of unbranched alkanes of at least 4 members (excludes halogenated alkanes) is 16. The van der Waals surface area contributed by atoms with Crippen LogP contribution in [0.4, 0.5) is 0 Å².